The molecule has 1 fully saturated rings. The molecule has 0 amide bonds. The molecule has 2 atom stereocenters. The summed E-state index contributed by atoms with van der Waals surface area (Å²) >= 11 is 0. The quantitative estimate of drug-likeness (QED) is 0.863. The average molecular weight is 305 g/mol. The zero-order valence-electron chi connectivity index (χ0n) is 13.0. The summed E-state index contributed by atoms with van der Waals surface area (Å²) in [6, 6.07) is 5.84. The predicted molar refractivity (Wildman–Crippen MR) is 81.7 cm³/mol. The molecule has 0 radical (unpaired) electrons. The first-order chi connectivity index (χ1) is 10.7. The van der Waals surface area contributed by atoms with Gasteiger partial charge in [-0.15, -0.1) is 0 Å². The number of phenols is 1. The Balaban J connectivity index is 1.70. The Labute approximate surface area is 130 Å². The van der Waals surface area contributed by atoms with Crippen molar-refractivity contribution in [2.24, 2.45) is 0 Å². The highest BCUT2D eigenvalue weighted by atomic mass is 16.5. The second-order valence-electron chi connectivity index (χ2n) is 5.87. The lowest BCUT2D eigenvalue weighted by Crippen LogP contribution is -2.49. The number of aromatic hydroxyl groups is 1. The van der Waals surface area contributed by atoms with Crippen LogP contribution in [0.4, 0.5) is 0 Å². The van der Waals surface area contributed by atoms with Gasteiger partial charge in [0.05, 0.1) is 25.7 Å². The summed E-state index contributed by atoms with van der Waals surface area (Å²) < 4.78 is 11.0. The monoisotopic (exact) mass is 305 g/mol. The Morgan fingerprint density at radius 3 is 3.18 bits per heavy atom. The van der Waals surface area contributed by atoms with Crippen molar-refractivity contribution < 1.29 is 19.4 Å². The number of carbonyl (C=O) groups is 1. The minimum Gasteiger partial charge on any atom is -0.508 e. The maximum atomic E-state index is 11.6. The van der Waals surface area contributed by atoms with Gasteiger partial charge in [-0.2, -0.15) is 0 Å². The maximum absolute atomic E-state index is 11.6. The summed E-state index contributed by atoms with van der Waals surface area (Å²) in [5.41, 5.74) is 2.35. The second kappa shape index (κ2) is 6.67. The lowest BCUT2D eigenvalue weighted by Gasteiger charge is -2.44. The summed E-state index contributed by atoms with van der Waals surface area (Å²) in [6.45, 7) is 4.51. The van der Waals surface area contributed by atoms with E-state index in [1.54, 1.807) is 6.07 Å². The summed E-state index contributed by atoms with van der Waals surface area (Å²) in [5, 5.41) is 9.63. The van der Waals surface area contributed by atoms with E-state index >= 15 is 0 Å². The zero-order chi connectivity index (χ0) is 15.5. The third-order valence-electron chi connectivity index (χ3n) is 4.55. The molecule has 1 aromatic carbocycles. The van der Waals surface area contributed by atoms with Crippen LogP contribution in [0, 0.1) is 0 Å². The largest absolute Gasteiger partial charge is 0.508 e. The van der Waals surface area contributed by atoms with Crippen molar-refractivity contribution in [1.29, 1.82) is 0 Å². The highest BCUT2D eigenvalue weighted by Crippen LogP contribution is 2.38. The van der Waals surface area contributed by atoms with E-state index in [1.807, 2.05) is 19.1 Å². The van der Waals surface area contributed by atoms with Crippen LogP contribution in [0.5, 0.6) is 5.75 Å². The third-order valence-corrected chi connectivity index (χ3v) is 4.55. The summed E-state index contributed by atoms with van der Waals surface area (Å²) in [4.78, 5) is 13.9. The number of hydrogen-bond donors (Lipinski definition) is 1. The maximum Gasteiger partial charge on any atom is 0.307 e. The van der Waals surface area contributed by atoms with E-state index in [0.29, 0.717) is 31.4 Å². The Bertz CT molecular complexity index is 545. The van der Waals surface area contributed by atoms with Crippen LogP contribution in [0.15, 0.2) is 18.2 Å². The van der Waals surface area contributed by atoms with Crippen molar-refractivity contribution >= 4 is 5.97 Å². The van der Waals surface area contributed by atoms with Gasteiger partial charge in [0.15, 0.2) is 0 Å². The van der Waals surface area contributed by atoms with Crippen molar-refractivity contribution in [2.45, 2.75) is 38.3 Å². The molecular weight excluding hydrogens is 282 g/mol. The molecule has 1 heterocycles. The van der Waals surface area contributed by atoms with Crippen molar-refractivity contribution in [3.8, 4) is 5.75 Å². The lowest BCUT2D eigenvalue weighted by molar-refractivity contribution is -0.144. The van der Waals surface area contributed by atoms with Gasteiger partial charge >= 0.3 is 5.97 Å². The number of ether oxygens (including phenoxy) is 2. The zero-order valence-corrected chi connectivity index (χ0v) is 13.0. The molecule has 22 heavy (non-hydrogen) atoms. The van der Waals surface area contributed by atoms with Crippen LogP contribution in [0.1, 0.15) is 37.0 Å². The number of esters is 1. The Hall–Kier alpha value is -1.59. The van der Waals surface area contributed by atoms with Gasteiger partial charge in [-0.05, 0) is 43.0 Å². The van der Waals surface area contributed by atoms with Crippen molar-refractivity contribution in [3.63, 3.8) is 0 Å². The number of morpholine rings is 1. The number of carbonyl (C=O) groups excluding carboxylic acids is 1. The van der Waals surface area contributed by atoms with E-state index < -0.39 is 0 Å². The van der Waals surface area contributed by atoms with Gasteiger partial charge in [-0.25, -0.2) is 0 Å². The van der Waals surface area contributed by atoms with Gasteiger partial charge in [-0.3, -0.25) is 9.69 Å². The van der Waals surface area contributed by atoms with E-state index in [1.165, 1.54) is 11.1 Å². The SMILES string of the molecule is CCOC(=O)CCN1CCOC2c3ccc(O)cc3CCC21. The number of phenolic OH excluding ortho intramolecular Hbond substituents is 1. The fraction of sp³-hybridized carbons (Fsp3) is 0.588. The summed E-state index contributed by atoms with van der Waals surface area (Å²) in [7, 11) is 0. The Kier molecular flexibility index (Phi) is 4.64. The first-order valence-electron chi connectivity index (χ1n) is 8.02. The van der Waals surface area contributed by atoms with Crippen LogP contribution < -0.4 is 0 Å². The standard InChI is InChI=1S/C17H23NO4/c1-2-21-16(20)7-8-18-9-10-22-17-14-5-4-13(19)11-12(14)3-6-15(17)18/h4-5,11,15,17,19H,2-3,6-10H2,1H3. The number of benzene rings is 1. The fourth-order valence-electron chi connectivity index (χ4n) is 3.53. The van der Waals surface area contributed by atoms with E-state index in [0.717, 1.165) is 25.9 Å². The summed E-state index contributed by atoms with van der Waals surface area (Å²) in [6.07, 6.45) is 2.40. The van der Waals surface area contributed by atoms with Gasteiger partial charge in [0, 0.05) is 19.1 Å². The van der Waals surface area contributed by atoms with Crippen LogP contribution in [-0.4, -0.2) is 48.3 Å². The number of nitrogens with zero attached hydrogens (tertiary/aromatic N) is 1. The molecule has 1 saturated heterocycles. The van der Waals surface area contributed by atoms with E-state index in [2.05, 4.69) is 4.90 Å². The second-order valence-corrected chi connectivity index (χ2v) is 5.87. The van der Waals surface area contributed by atoms with Gasteiger partial charge in [0.1, 0.15) is 5.75 Å². The van der Waals surface area contributed by atoms with Crippen LogP contribution in [0.2, 0.25) is 0 Å². The molecule has 0 saturated carbocycles. The number of aryl methyl sites for hydroxylation is 1. The lowest BCUT2D eigenvalue weighted by atomic mass is 9.84. The van der Waals surface area contributed by atoms with Gasteiger partial charge in [-0.1, -0.05) is 6.07 Å². The van der Waals surface area contributed by atoms with E-state index in [4.69, 9.17) is 9.47 Å². The first kappa shape index (κ1) is 15.3. The molecule has 1 N–H and O–H groups in total. The first-order valence-corrected chi connectivity index (χ1v) is 8.02. The normalized spacial score (nSPS) is 24.4. The molecule has 2 aliphatic rings. The smallest absolute Gasteiger partial charge is 0.307 e. The molecule has 3 rings (SSSR count). The van der Waals surface area contributed by atoms with E-state index in [9.17, 15) is 9.90 Å². The molecule has 120 valence electrons. The minimum absolute atomic E-state index is 0.0419. The summed E-state index contributed by atoms with van der Waals surface area (Å²) in [5.74, 6) is 0.179. The topological polar surface area (TPSA) is 59.0 Å². The molecule has 5 heteroatoms. The molecule has 1 aliphatic heterocycles. The van der Waals surface area contributed by atoms with Crippen LogP contribution in [0.25, 0.3) is 0 Å². The van der Waals surface area contributed by atoms with E-state index in [-0.39, 0.29) is 12.1 Å². The number of hydrogen-bond acceptors (Lipinski definition) is 5. The predicted octanol–water partition coefficient (Wildman–Crippen LogP) is 2.03. The molecular formula is C17H23NO4. The van der Waals surface area contributed by atoms with Crippen molar-refractivity contribution in [3.05, 3.63) is 29.3 Å². The molecule has 1 aliphatic carbocycles. The Morgan fingerprint density at radius 2 is 2.36 bits per heavy atom. The molecule has 0 spiro atoms. The Morgan fingerprint density at radius 1 is 1.50 bits per heavy atom. The van der Waals surface area contributed by atoms with Crippen LogP contribution in [-0.2, 0) is 20.7 Å². The van der Waals surface area contributed by atoms with Gasteiger partial charge < -0.3 is 14.6 Å². The number of rotatable bonds is 4. The highest BCUT2D eigenvalue weighted by molar-refractivity contribution is 5.69. The van der Waals surface area contributed by atoms with Crippen LogP contribution in [0.3, 0.4) is 0 Å². The molecule has 0 bridgehead atoms. The van der Waals surface area contributed by atoms with Crippen molar-refractivity contribution in [2.75, 3.05) is 26.3 Å². The van der Waals surface area contributed by atoms with Crippen molar-refractivity contribution in [1.82, 2.24) is 4.90 Å². The third kappa shape index (κ3) is 3.10. The minimum atomic E-state index is -0.133. The average Bonchev–Trinajstić information content (AvgIpc) is 2.52. The fourth-order valence-corrected chi connectivity index (χ4v) is 3.53. The molecule has 0 aromatic heterocycles. The molecule has 2 unspecified atom stereocenters. The van der Waals surface area contributed by atoms with Gasteiger partial charge in [0.25, 0.3) is 0 Å². The highest BCUT2D eigenvalue weighted by Gasteiger charge is 2.37. The number of fused-ring (bicyclic) bond motifs is 3. The molecule has 1 aromatic rings. The molecule has 5 nitrogen and oxygen atoms in total. The van der Waals surface area contributed by atoms with Crippen LogP contribution >= 0.6 is 0 Å². The van der Waals surface area contributed by atoms with Gasteiger partial charge in [0.2, 0.25) is 0 Å².